The number of hydrogen-bond acceptors (Lipinski definition) is 3. The van der Waals surface area contributed by atoms with Gasteiger partial charge >= 0.3 is 0 Å². The number of ether oxygens (including phenoxy) is 1. The van der Waals surface area contributed by atoms with Crippen LogP contribution < -0.4 is 4.74 Å². The largest absolute Gasteiger partial charge is 0.490 e. The zero-order chi connectivity index (χ0) is 15.1. The van der Waals surface area contributed by atoms with Gasteiger partial charge in [-0.15, -0.1) is 0 Å². The van der Waals surface area contributed by atoms with Crippen molar-refractivity contribution >= 4 is 0 Å². The van der Waals surface area contributed by atoms with Crippen LogP contribution in [0, 0.1) is 0 Å². The fraction of sp³-hybridized carbons (Fsp3) is 0.647. The molecule has 1 aromatic rings. The van der Waals surface area contributed by atoms with Crippen LogP contribution in [-0.2, 0) is 0 Å². The Bertz CT molecular complexity index is 286. The highest BCUT2D eigenvalue weighted by Gasteiger charge is 2.08. The summed E-state index contributed by atoms with van der Waals surface area (Å²) in [5, 5.41) is 15.2. The number of aliphatic hydroxyl groups is 2. The van der Waals surface area contributed by atoms with E-state index in [-0.39, 0.29) is 13.2 Å². The molecule has 0 fully saturated rings. The Morgan fingerprint density at radius 1 is 0.900 bits per heavy atom. The molecule has 2 N–H and O–H groups in total. The lowest BCUT2D eigenvalue weighted by molar-refractivity contribution is 0.176. The average Bonchev–Trinajstić information content (AvgIpc) is 2.49. The monoisotopic (exact) mass is 282 g/mol. The molecule has 116 valence electrons. The van der Waals surface area contributed by atoms with Gasteiger partial charge in [0.05, 0.1) is 19.3 Å². The Kier molecular flexibility index (Phi) is 13.6. The zero-order valence-electron chi connectivity index (χ0n) is 12.9. The predicted molar refractivity (Wildman–Crippen MR) is 84.1 cm³/mol. The molecule has 1 rings (SSSR count). The summed E-state index contributed by atoms with van der Waals surface area (Å²) in [7, 11) is 0. The van der Waals surface area contributed by atoms with E-state index in [0.29, 0.717) is 6.10 Å². The maximum absolute atomic E-state index is 7.62. The van der Waals surface area contributed by atoms with Crippen molar-refractivity contribution in [3.05, 3.63) is 30.3 Å². The Morgan fingerprint density at radius 3 is 2.05 bits per heavy atom. The highest BCUT2D eigenvalue weighted by Crippen LogP contribution is 2.17. The van der Waals surface area contributed by atoms with E-state index in [1.807, 2.05) is 30.3 Å². The van der Waals surface area contributed by atoms with Crippen molar-refractivity contribution in [2.45, 2.75) is 58.5 Å². The maximum atomic E-state index is 7.62. The highest BCUT2D eigenvalue weighted by atomic mass is 16.5. The van der Waals surface area contributed by atoms with Crippen molar-refractivity contribution in [3.8, 4) is 5.75 Å². The maximum Gasteiger partial charge on any atom is 0.119 e. The van der Waals surface area contributed by atoms with E-state index >= 15 is 0 Å². The SMILES string of the molecule is CCCCCC(CCC)Oc1ccccc1.OCCO. The van der Waals surface area contributed by atoms with Crippen LogP contribution in [0.4, 0.5) is 0 Å². The summed E-state index contributed by atoms with van der Waals surface area (Å²) in [5.74, 6) is 1.01. The van der Waals surface area contributed by atoms with Crippen molar-refractivity contribution < 1.29 is 14.9 Å². The van der Waals surface area contributed by atoms with Crippen LogP contribution in [0.25, 0.3) is 0 Å². The molecule has 0 amide bonds. The summed E-state index contributed by atoms with van der Waals surface area (Å²) in [6.07, 6.45) is 7.84. The first-order valence-corrected chi connectivity index (χ1v) is 7.71. The van der Waals surface area contributed by atoms with Gasteiger partial charge < -0.3 is 14.9 Å². The second kappa shape index (κ2) is 14.4. The molecule has 0 saturated carbocycles. The van der Waals surface area contributed by atoms with Gasteiger partial charge in [-0.2, -0.15) is 0 Å². The molecule has 0 aliphatic carbocycles. The Balaban J connectivity index is 0.000000796. The molecule has 0 spiro atoms. The summed E-state index contributed by atoms with van der Waals surface area (Å²) in [4.78, 5) is 0. The van der Waals surface area contributed by atoms with E-state index in [4.69, 9.17) is 14.9 Å². The lowest BCUT2D eigenvalue weighted by Gasteiger charge is -2.18. The highest BCUT2D eigenvalue weighted by molar-refractivity contribution is 5.21. The number of unbranched alkanes of at least 4 members (excludes halogenated alkanes) is 2. The molecule has 3 heteroatoms. The van der Waals surface area contributed by atoms with Gasteiger partial charge in [0.25, 0.3) is 0 Å². The van der Waals surface area contributed by atoms with Gasteiger partial charge in [-0.25, -0.2) is 0 Å². The van der Waals surface area contributed by atoms with Crippen molar-refractivity contribution in [2.24, 2.45) is 0 Å². The lowest BCUT2D eigenvalue weighted by Crippen LogP contribution is -2.16. The molecule has 20 heavy (non-hydrogen) atoms. The van der Waals surface area contributed by atoms with Crippen LogP contribution in [0.3, 0.4) is 0 Å². The fourth-order valence-electron chi connectivity index (χ4n) is 1.90. The lowest BCUT2D eigenvalue weighted by atomic mass is 10.1. The number of benzene rings is 1. The molecule has 0 saturated heterocycles. The first kappa shape index (κ1) is 18.9. The molecule has 0 aliphatic rings. The fourth-order valence-corrected chi connectivity index (χ4v) is 1.90. The zero-order valence-corrected chi connectivity index (χ0v) is 12.9. The Labute approximate surface area is 123 Å². The van der Waals surface area contributed by atoms with E-state index in [0.717, 1.165) is 5.75 Å². The number of aliphatic hydroxyl groups excluding tert-OH is 2. The first-order chi connectivity index (χ1) is 9.78. The third-order valence-electron chi connectivity index (χ3n) is 2.89. The van der Waals surface area contributed by atoms with Gasteiger partial charge in [0.1, 0.15) is 5.75 Å². The van der Waals surface area contributed by atoms with E-state index in [1.165, 1.54) is 38.5 Å². The van der Waals surface area contributed by atoms with E-state index in [9.17, 15) is 0 Å². The van der Waals surface area contributed by atoms with Crippen LogP contribution >= 0.6 is 0 Å². The molecular weight excluding hydrogens is 252 g/mol. The molecule has 1 unspecified atom stereocenters. The van der Waals surface area contributed by atoms with Gasteiger partial charge in [-0.05, 0) is 31.4 Å². The van der Waals surface area contributed by atoms with E-state index in [2.05, 4.69) is 13.8 Å². The van der Waals surface area contributed by atoms with Crippen molar-refractivity contribution in [1.82, 2.24) is 0 Å². The third kappa shape index (κ3) is 10.8. The minimum Gasteiger partial charge on any atom is -0.490 e. The van der Waals surface area contributed by atoms with Crippen LogP contribution in [0.1, 0.15) is 52.4 Å². The molecule has 0 aliphatic heterocycles. The summed E-state index contributed by atoms with van der Waals surface area (Å²) in [5.41, 5.74) is 0. The van der Waals surface area contributed by atoms with E-state index < -0.39 is 0 Å². The van der Waals surface area contributed by atoms with Crippen LogP contribution in [0.2, 0.25) is 0 Å². The molecule has 1 atom stereocenters. The summed E-state index contributed by atoms with van der Waals surface area (Å²) in [6, 6.07) is 10.2. The molecule has 3 nitrogen and oxygen atoms in total. The van der Waals surface area contributed by atoms with Crippen molar-refractivity contribution in [1.29, 1.82) is 0 Å². The second-order valence-electron chi connectivity index (χ2n) is 4.78. The number of para-hydroxylation sites is 1. The summed E-state index contributed by atoms with van der Waals surface area (Å²) >= 11 is 0. The number of rotatable bonds is 9. The van der Waals surface area contributed by atoms with Gasteiger partial charge in [-0.1, -0.05) is 51.3 Å². The topological polar surface area (TPSA) is 49.7 Å². The summed E-state index contributed by atoms with van der Waals surface area (Å²) in [6.45, 7) is 4.22. The smallest absolute Gasteiger partial charge is 0.119 e. The molecule has 0 aromatic heterocycles. The molecule has 1 aromatic carbocycles. The van der Waals surface area contributed by atoms with Crippen LogP contribution in [0.5, 0.6) is 5.75 Å². The van der Waals surface area contributed by atoms with Crippen molar-refractivity contribution in [3.63, 3.8) is 0 Å². The number of hydrogen-bond donors (Lipinski definition) is 2. The standard InChI is InChI=1S/C15H24O.C2H6O2/c1-3-5-7-11-14(10-4-2)16-15-12-8-6-9-13-15;3-1-2-4/h6,8-9,12-14H,3-5,7,10-11H2,1-2H3;3-4H,1-2H2. The predicted octanol–water partition coefficient (Wildman–Crippen LogP) is 3.79. The Hall–Kier alpha value is -1.06. The molecule has 0 heterocycles. The minimum absolute atomic E-state index is 0.125. The van der Waals surface area contributed by atoms with Gasteiger partial charge in [0.2, 0.25) is 0 Å². The van der Waals surface area contributed by atoms with Crippen LogP contribution in [0.15, 0.2) is 30.3 Å². The second-order valence-corrected chi connectivity index (χ2v) is 4.78. The minimum atomic E-state index is -0.125. The summed E-state index contributed by atoms with van der Waals surface area (Å²) < 4.78 is 6.00. The molecular formula is C17H30O3. The quantitative estimate of drug-likeness (QED) is 0.678. The molecule has 0 radical (unpaired) electrons. The van der Waals surface area contributed by atoms with Crippen LogP contribution in [-0.4, -0.2) is 29.5 Å². The average molecular weight is 282 g/mol. The normalized spacial score (nSPS) is 11.4. The van der Waals surface area contributed by atoms with Gasteiger partial charge in [0.15, 0.2) is 0 Å². The van der Waals surface area contributed by atoms with E-state index in [1.54, 1.807) is 0 Å². The Morgan fingerprint density at radius 2 is 1.55 bits per heavy atom. The first-order valence-electron chi connectivity index (χ1n) is 7.71. The van der Waals surface area contributed by atoms with Gasteiger partial charge in [0, 0.05) is 0 Å². The van der Waals surface area contributed by atoms with Gasteiger partial charge in [-0.3, -0.25) is 0 Å². The third-order valence-corrected chi connectivity index (χ3v) is 2.89. The molecule has 0 bridgehead atoms. The van der Waals surface area contributed by atoms with Crippen molar-refractivity contribution in [2.75, 3.05) is 13.2 Å².